The van der Waals surface area contributed by atoms with Gasteiger partial charge in [0.2, 0.25) is 11.8 Å². The molecule has 42 heavy (non-hydrogen) atoms. The highest BCUT2D eigenvalue weighted by molar-refractivity contribution is 7.99. The van der Waals surface area contributed by atoms with E-state index in [-0.39, 0.29) is 31.0 Å². The number of amides is 3. The zero-order valence-corrected chi connectivity index (χ0v) is 26.5. The van der Waals surface area contributed by atoms with Crippen LogP contribution >= 0.6 is 11.8 Å². The van der Waals surface area contributed by atoms with Crippen molar-refractivity contribution in [3.8, 4) is 0 Å². The Hall–Kier alpha value is -2.30. The van der Waals surface area contributed by atoms with Crippen LogP contribution in [0, 0.1) is 5.92 Å². The van der Waals surface area contributed by atoms with Gasteiger partial charge in [0.1, 0.15) is 17.7 Å². The number of likely N-dealkylation sites (tertiary alicyclic amines) is 1. The van der Waals surface area contributed by atoms with Gasteiger partial charge in [-0.25, -0.2) is 4.79 Å². The van der Waals surface area contributed by atoms with E-state index in [0.29, 0.717) is 18.3 Å². The quantitative estimate of drug-likeness (QED) is 0.414. The van der Waals surface area contributed by atoms with Crippen LogP contribution in [0.2, 0.25) is 0 Å². The smallest absolute Gasteiger partial charge is 0.411 e. The van der Waals surface area contributed by atoms with Gasteiger partial charge in [-0.1, -0.05) is 49.6 Å². The summed E-state index contributed by atoms with van der Waals surface area (Å²) in [5.41, 5.74) is 0.621. The van der Waals surface area contributed by atoms with Crippen LogP contribution in [0.5, 0.6) is 0 Å². The maximum absolute atomic E-state index is 13.6. The lowest BCUT2D eigenvalue weighted by Crippen LogP contribution is -2.60. The lowest BCUT2D eigenvalue weighted by Gasteiger charge is -2.36. The summed E-state index contributed by atoms with van der Waals surface area (Å²) < 4.78 is 11.1. The van der Waals surface area contributed by atoms with E-state index < -0.39 is 23.8 Å². The van der Waals surface area contributed by atoms with Gasteiger partial charge >= 0.3 is 6.09 Å². The molecule has 4 rings (SSSR count). The van der Waals surface area contributed by atoms with Crippen molar-refractivity contribution in [1.29, 1.82) is 0 Å². The highest BCUT2D eigenvalue weighted by Crippen LogP contribution is 2.27. The first-order chi connectivity index (χ1) is 20.2. The number of morpholine rings is 1. The van der Waals surface area contributed by atoms with E-state index >= 15 is 0 Å². The summed E-state index contributed by atoms with van der Waals surface area (Å²) in [5, 5.41) is 6.23. The van der Waals surface area contributed by atoms with Crippen molar-refractivity contribution in [3.05, 3.63) is 35.9 Å². The largest absolute Gasteiger partial charge is 0.444 e. The van der Waals surface area contributed by atoms with Crippen molar-refractivity contribution < 1.29 is 23.9 Å². The maximum Gasteiger partial charge on any atom is 0.411 e. The Labute approximate surface area is 255 Å². The van der Waals surface area contributed by atoms with Crippen molar-refractivity contribution in [3.63, 3.8) is 0 Å². The molecule has 2 N–H and O–H groups in total. The minimum absolute atomic E-state index is 0.0727. The van der Waals surface area contributed by atoms with Gasteiger partial charge in [0.15, 0.2) is 0 Å². The van der Waals surface area contributed by atoms with Crippen LogP contribution in [0.3, 0.4) is 0 Å². The van der Waals surface area contributed by atoms with E-state index in [0.717, 1.165) is 38.2 Å². The summed E-state index contributed by atoms with van der Waals surface area (Å²) in [6.45, 7) is 8.83. The number of hydrogen-bond acceptors (Lipinski definition) is 7. The highest BCUT2D eigenvalue weighted by Gasteiger charge is 2.37. The van der Waals surface area contributed by atoms with Gasteiger partial charge in [0.05, 0.1) is 13.2 Å². The van der Waals surface area contributed by atoms with Crippen molar-refractivity contribution in [2.45, 2.75) is 96.0 Å². The number of carbonyl (C=O) groups is 3. The molecule has 3 fully saturated rings. The van der Waals surface area contributed by atoms with E-state index in [1.807, 2.05) is 6.07 Å². The zero-order chi connectivity index (χ0) is 30.0. The van der Waals surface area contributed by atoms with E-state index in [1.165, 1.54) is 42.6 Å². The van der Waals surface area contributed by atoms with E-state index in [4.69, 9.17) is 9.47 Å². The number of nitrogens with zero attached hydrogens (tertiary/aromatic N) is 2. The second kappa shape index (κ2) is 16.0. The Bertz CT molecular complexity index is 1010. The lowest BCUT2D eigenvalue weighted by atomic mass is 9.91. The molecule has 9 nitrogen and oxygen atoms in total. The molecule has 10 heteroatoms. The third kappa shape index (κ3) is 10.5. The minimum atomic E-state index is -0.839. The summed E-state index contributed by atoms with van der Waals surface area (Å²) in [5.74, 6) is 1.64. The molecule has 2 aliphatic heterocycles. The Morgan fingerprint density at radius 2 is 1.74 bits per heavy atom. The summed E-state index contributed by atoms with van der Waals surface area (Å²) in [6, 6.07) is 9.00. The van der Waals surface area contributed by atoms with Gasteiger partial charge in [-0.05, 0) is 63.7 Å². The van der Waals surface area contributed by atoms with Crippen molar-refractivity contribution >= 4 is 29.7 Å². The fraction of sp³-hybridized carbons (Fsp3) is 0.719. The molecule has 3 aliphatic rings. The van der Waals surface area contributed by atoms with Crippen LogP contribution in [-0.4, -0.2) is 95.8 Å². The first kappa shape index (κ1) is 32.6. The average Bonchev–Trinajstić information content (AvgIpc) is 2.98. The topological polar surface area (TPSA) is 100 Å². The molecule has 2 heterocycles. The van der Waals surface area contributed by atoms with Gasteiger partial charge in [-0.2, -0.15) is 11.8 Å². The van der Waals surface area contributed by atoms with Crippen LogP contribution in [0.25, 0.3) is 0 Å². The minimum Gasteiger partial charge on any atom is -0.444 e. The molecule has 2 saturated heterocycles. The standard InChI is InChI=1S/C32H50N4O5S/c1-32(2,3)41-31(39)36-18-19-40-21-28(36)30(38)34-27(23-42-22-25-12-8-5-9-13-25)29(37)33-26-14-16-35(17-15-26)20-24-10-6-4-7-11-24/h4,6-7,10-11,25-28H,5,8-9,12-23H2,1-3H3,(H,33,37)(H,34,38)/t27?,28-/m0/s1. The Morgan fingerprint density at radius 3 is 2.43 bits per heavy atom. The molecule has 234 valence electrons. The number of thioether (sulfide) groups is 1. The first-order valence-corrected chi connectivity index (χ1v) is 16.9. The van der Waals surface area contributed by atoms with Gasteiger partial charge in [-0.15, -0.1) is 0 Å². The number of benzene rings is 1. The van der Waals surface area contributed by atoms with Crippen LogP contribution < -0.4 is 10.6 Å². The molecular weight excluding hydrogens is 552 g/mol. The number of nitrogens with one attached hydrogen (secondary N) is 2. The van der Waals surface area contributed by atoms with Gasteiger partial charge < -0.3 is 20.1 Å². The summed E-state index contributed by atoms with van der Waals surface area (Å²) in [7, 11) is 0. The third-order valence-electron chi connectivity index (χ3n) is 8.24. The van der Waals surface area contributed by atoms with Crippen LogP contribution in [0.4, 0.5) is 4.79 Å². The summed E-state index contributed by atoms with van der Waals surface area (Å²) in [6.07, 6.45) is 7.54. The highest BCUT2D eigenvalue weighted by atomic mass is 32.2. The number of hydrogen-bond donors (Lipinski definition) is 2. The number of rotatable bonds is 10. The van der Waals surface area contributed by atoms with Gasteiger partial charge in [0.25, 0.3) is 0 Å². The Kier molecular flexibility index (Phi) is 12.4. The Balaban J connectivity index is 1.34. The molecule has 2 atom stereocenters. The fourth-order valence-corrected chi connectivity index (χ4v) is 7.17. The number of ether oxygens (including phenoxy) is 2. The van der Waals surface area contributed by atoms with E-state index in [2.05, 4.69) is 39.8 Å². The third-order valence-corrected chi connectivity index (χ3v) is 9.51. The van der Waals surface area contributed by atoms with Crippen molar-refractivity contribution in [2.24, 2.45) is 5.92 Å². The SMILES string of the molecule is CC(C)(C)OC(=O)N1CCOC[C@H]1C(=O)NC(CSCC1CCCCC1)C(=O)NC1CCN(Cc2ccccc2)CC1. The molecular formula is C32H50N4O5S. The zero-order valence-electron chi connectivity index (χ0n) is 25.6. The molecule has 0 radical (unpaired) electrons. The molecule has 3 amide bonds. The predicted molar refractivity (Wildman–Crippen MR) is 166 cm³/mol. The van der Waals surface area contributed by atoms with Crippen molar-refractivity contribution in [2.75, 3.05) is 44.4 Å². The molecule has 1 unspecified atom stereocenters. The van der Waals surface area contributed by atoms with E-state index in [1.54, 1.807) is 32.5 Å². The molecule has 0 spiro atoms. The average molecular weight is 603 g/mol. The first-order valence-electron chi connectivity index (χ1n) is 15.7. The normalized spacial score (nSPS) is 21.9. The molecule has 1 aliphatic carbocycles. The second-order valence-corrected chi connectivity index (χ2v) is 14.0. The molecule has 1 saturated carbocycles. The van der Waals surface area contributed by atoms with Crippen molar-refractivity contribution in [1.82, 2.24) is 20.4 Å². The second-order valence-electron chi connectivity index (χ2n) is 12.9. The lowest BCUT2D eigenvalue weighted by molar-refractivity contribution is -0.136. The number of carbonyl (C=O) groups excluding carboxylic acids is 3. The molecule has 1 aromatic rings. The molecule has 0 bridgehead atoms. The number of piperidine rings is 1. The predicted octanol–water partition coefficient (Wildman–Crippen LogP) is 4.20. The van der Waals surface area contributed by atoms with Crippen LogP contribution in [0.1, 0.15) is 71.3 Å². The molecule has 1 aromatic carbocycles. The maximum atomic E-state index is 13.6. The molecule has 0 aromatic heterocycles. The summed E-state index contributed by atoms with van der Waals surface area (Å²) in [4.78, 5) is 43.9. The van der Waals surface area contributed by atoms with Crippen LogP contribution in [0.15, 0.2) is 30.3 Å². The van der Waals surface area contributed by atoms with E-state index in [9.17, 15) is 14.4 Å². The van der Waals surface area contributed by atoms with Gasteiger partial charge in [-0.3, -0.25) is 19.4 Å². The van der Waals surface area contributed by atoms with Crippen LogP contribution in [-0.2, 0) is 25.6 Å². The van der Waals surface area contributed by atoms with Gasteiger partial charge in [0, 0.05) is 38.0 Å². The summed E-state index contributed by atoms with van der Waals surface area (Å²) >= 11 is 1.74. The monoisotopic (exact) mass is 602 g/mol. The fourth-order valence-electron chi connectivity index (χ4n) is 5.90. The Morgan fingerprint density at radius 1 is 1.02 bits per heavy atom.